The van der Waals surface area contributed by atoms with Gasteiger partial charge in [-0.2, -0.15) is 0 Å². The summed E-state index contributed by atoms with van der Waals surface area (Å²) in [4.78, 5) is 4.66. The van der Waals surface area contributed by atoms with Gasteiger partial charge in [0.1, 0.15) is 5.75 Å². The zero-order valence-corrected chi connectivity index (χ0v) is 13.0. The molecule has 0 aliphatic rings. The maximum absolute atomic E-state index is 5.17. The smallest absolute Gasteiger partial charge is 0.118 e. The molecule has 0 aliphatic carbocycles. The van der Waals surface area contributed by atoms with Crippen molar-refractivity contribution in [3.63, 3.8) is 0 Å². The van der Waals surface area contributed by atoms with Crippen molar-refractivity contribution in [1.29, 1.82) is 0 Å². The SMILES string of the molecule is COc1ccc(CCC(C)N(C)CCN(C)C)cc1. The highest BCUT2D eigenvalue weighted by atomic mass is 16.5. The van der Waals surface area contributed by atoms with Crippen molar-refractivity contribution in [2.75, 3.05) is 41.3 Å². The van der Waals surface area contributed by atoms with Gasteiger partial charge in [-0.05, 0) is 58.6 Å². The predicted molar refractivity (Wildman–Crippen MR) is 82.0 cm³/mol. The minimum Gasteiger partial charge on any atom is -0.497 e. The lowest BCUT2D eigenvalue weighted by Crippen LogP contribution is -2.35. The number of methoxy groups -OCH3 is 1. The molecule has 0 fully saturated rings. The summed E-state index contributed by atoms with van der Waals surface area (Å²) < 4.78 is 5.17. The summed E-state index contributed by atoms with van der Waals surface area (Å²) in [6.07, 6.45) is 2.31. The van der Waals surface area contributed by atoms with Crippen LogP contribution in [0.1, 0.15) is 18.9 Å². The number of nitrogens with zero attached hydrogens (tertiary/aromatic N) is 2. The highest BCUT2D eigenvalue weighted by Gasteiger charge is 2.09. The van der Waals surface area contributed by atoms with Crippen LogP contribution in [0.2, 0.25) is 0 Å². The standard InChI is InChI=1S/C16H28N2O/c1-14(18(4)13-12-17(2)3)6-7-15-8-10-16(19-5)11-9-15/h8-11,14H,6-7,12-13H2,1-5H3. The summed E-state index contributed by atoms with van der Waals surface area (Å²) in [6, 6.07) is 9.00. The first-order valence-corrected chi connectivity index (χ1v) is 7.01. The van der Waals surface area contributed by atoms with Crippen LogP contribution in [-0.2, 0) is 6.42 Å². The van der Waals surface area contributed by atoms with E-state index in [1.807, 2.05) is 12.1 Å². The number of hydrogen-bond donors (Lipinski definition) is 0. The van der Waals surface area contributed by atoms with E-state index in [9.17, 15) is 0 Å². The van der Waals surface area contributed by atoms with Crippen LogP contribution in [0.5, 0.6) is 5.75 Å². The van der Waals surface area contributed by atoms with Gasteiger partial charge < -0.3 is 14.5 Å². The number of hydrogen-bond acceptors (Lipinski definition) is 3. The quantitative estimate of drug-likeness (QED) is 0.717. The summed E-state index contributed by atoms with van der Waals surface area (Å²) in [5.74, 6) is 0.930. The Morgan fingerprint density at radius 2 is 1.68 bits per heavy atom. The van der Waals surface area contributed by atoms with Gasteiger partial charge in [-0.15, -0.1) is 0 Å². The fourth-order valence-electron chi connectivity index (χ4n) is 1.97. The minimum absolute atomic E-state index is 0.613. The van der Waals surface area contributed by atoms with Gasteiger partial charge >= 0.3 is 0 Å². The van der Waals surface area contributed by atoms with E-state index < -0.39 is 0 Å². The number of aryl methyl sites for hydroxylation is 1. The van der Waals surface area contributed by atoms with E-state index in [4.69, 9.17) is 4.74 Å². The van der Waals surface area contributed by atoms with E-state index in [1.165, 1.54) is 12.0 Å². The molecule has 0 aliphatic heterocycles. The van der Waals surface area contributed by atoms with Crippen molar-refractivity contribution in [2.24, 2.45) is 0 Å². The molecule has 0 radical (unpaired) electrons. The fraction of sp³-hybridized carbons (Fsp3) is 0.625. The third-order valence-corrected chi connectivity index (χ3v) is 3.66. The van der Waals surface area contributed by atoms with Crippen LogP contribution in [0.4, 0.5) is 0 Å². The number of likely N-dealkylation sites (N-methyl/N-ethyl adjacent to an activating group) is 2. The molecule has 0 amide bonds. The van der Waals surface area contributed by atoms with Crippen molar-refractivity contribution in [1.82, 2.24) is 9.80 Å². The first-order chi connectivity index (χ1) is 9.02. The molecule has 0 spiro atoms. The zero-order valence-electron chi connectivity index (χ0n) is 13.0. The molecule has 108 valence electrons. The van der Waals surface area contributed by atoms with Gasteiger partial charge in [0.2, 0.25) is 0 Å². The highest BCUT2D eigenvalue weighted by Crippen LogP contribution is 2.14. The van der Waals surface area contributed by atoms with Gasteiger partial charge in [-0.25, -0.2) is 0 Å². The molecule has 19 heavy (non-hydrogen) atoms. The molecule has 0 heterocycles. The molecule has 1 rings (SSSR count). The Hall–Kier alpha value is -1.06. The Morgan fingerprint density at radius 1 is 1.05 bits per heavy atom. The second-order valence-electron chi connectivity index (χ2n) is 5.52. The van der Waals surface area contributed by atoms with Gasteiger partial charge in [-0.3, -0.25) is 0 Å². The Labute approximate surface area is 118 Å². The van der Waals surface area contributed by atoms with Crippen molar-refractivity contribution in [2.45, 2.75) is 25.8 Å². The maximum atomic E-state index is 5.17. The van der Waals surface area contributed by atoms with Gasteiger partial charge in [0.25, 0.3) is 0 Å². The molecule has 0 N–H and O–H groups in total. The van der Waals surface area contributed by atoms with Crippen LogP contribution in [0.15, 0.2) is 24.3 Å². The Balaban J connectivity index is 2.33. The van der Waals surface area contributed by atoms with E-state index in [-0.39, 0.29) is 0 Å². The Kier molecular flexibility index (Phi) is 6.89. The molecular weight excluding hydrogens is 236 g/mol. The van der Waals surface area contributed by atoms with Crippen LogP contribution >= 0.6 is 0 Å². The molecule has 3 nitrogen and oxygen atoms in total. The van der Waals surface area contributed by atoms with E-state index >= 15 is 0 Å². The monoisotopic (exact) mass is 264 g/mol. The van der Waals surface area contributed by atoms with Crippen LogP contribution in [-0.4, -0.2) is 57.2 Å². The highest BCUT2D eigenvalue weighted by molar-refractivity contribution is 5.27. The summed E-state index contributed by atoms with van der Waals surface area (Å²) >= 11 is 0. The van der Waals surface area contributed by atoms with Crippen LogP contribution in [0.25, 0.3) is 0 Å². The van der Waals surface area contributed by atoms with Gasteiger partial charge in [0.05, 0.1) is 7.11 Å². The molecule has 0 saturated carbocycles. The summed E-state index contributed by atoms with van der Waals surface area (Å²) in [7, 11) is 8.16. The topological polar surface area (TPSA) is 15.7 Å². The normalized spacial score (nSPS) is 13.0. The third-order valence-electron chi connectivity index (χ3n) is 3.66. The molecule has 3 heteroatoms. The summed E-state index contributed by atoms with van der Waals surface area (Å²) in [5.41, 5.74) is 1.38. The molecule has 1 aromatic rings. The molecular formula is C16H28N2O. The molecule has 1 aromatic carbocycles. The molecule has 0 aromatic heterocycles. The van der Waals surface area contributed by atoms with Crippen LogP contribution in [0, 0.1) is 0 Å². The van der Waals surface area contributed by atoms with Crippen LogP contribution < -0.4 is 4.74 Å². The molecule has 1 unspecified atom stereocenters. The summed E-state index contributed by atoms with van der Waals surface area (Å²) in [6.45, 7) is 4.54. The average molecular weight is 264 g/mol. The van der Waals surface area contributed by atoms with Gasteiger partial charge in [0, 0.05) is 19.1 Å². The maximum Gasteiger partial charge on any atom is 0.118 e. The Bertz CT molecular complexity index is 348. The molecule has 0 bridgehead atoms. The van der Waals surface area contributed by atoms with Crippen molar-refractivity contribution < 1.29 is 4.74 Å². The Morgan fingerprint density at radius 3 is 2.21 bits per heavy atom. The molecule has 0 saturated heterocycles. The van der Waals surface area contributed by atoms with Crippen molar-refractivity contribution in [3.05, 3.63) is 29.8 Å². The van der Waals surface area contributed by atoms with Crippen LogP contribution in [0.3, 0.4) is 0 Å². The first-order valence-electron chi connectivity index (χ1n) is 7.01. The largest absolute Gasteiger partial charge is 0.497 e. The molecule has 1 atom stereocenters. The second-order valence-corrected chi connectivity index (χ2v) is 5.52. The van der Waals surface area contributed by atoms with E-state index in [0.717, 1.165) is 25.3 Å². The predicted octanol–water partition coefficient (Wildman–Crippen LogP) is 2.51. The second kappa shape index (κ2) is 8.18. The third kappa shape index (κ3) is 6.08. The lowest BCUT2D eigenvalue weighted by atomic mass is 10.1. The lowest BCUT2D eigenvalue weighted by Gasteiger charge is -2.26. The number of ether oxygens (including phenoxy) is 1. The number of rotatable bonds is 8. The van der Waals surface area contributed by atoms with Crippen molar-refractivity contribution in [3.8, 4) is 5.75 Å². The lowest BCUT2D eigenvalue weighted by molar-refractivity contribution is 0.220. The fourth-order valence-corrected chi connectivity index (χ4v) is 1.97. The minimum atomic E-state index is 0.613. The van der Waals surface area contributed by atoms with E-state index in [0.29, 0.717) is 6.04 Å². The zero-order chi connectivity index (χ0) is 14.3. The summed E-state index contributed by atoms with van der Waals surface area (Å²) in [5, 5.41) is 0. The van der Waals surface area contributed by atoms with E-state index in [2.05, 4.69) is 50.0 Å². The average Bonchev–Trinajstić information content (AvgIpc) is 2.42. The first kappa shape index (κ1) is 16.0. The number of benzene rings is 1. The van der Waals surface area contributed by atoms with Gasteiger partial charge in [0.15, 0.2) is 0 Å². The van der Waals surface area contributed by atoms with E-state index in [1.54, 1.807) is 7.11 Å². The van der Waals surface area contributed by atoms with Crippen molar-refractivity contribution >= 4 is 0 Å². The van der Waals surface area contributed by atoms with Gasteiger partial charge in [-0.1, -0.05) is 12.1 Å².